The van der Waals surface area contributed by atoms with Gasteiger partial charge in [0.2, 0.25) is 0 Å². The highest BCUT2D eigenvalue weighted by Crippen LogP contribution is 2.36. The fourth-order valence-electron chi connectivity index (χ4n) is 4.16. The smallest absolute Gasteiger partial charge is 0.343 e. The molecule has 40 heavy (non-hydrogen) atoms. The van der Waals surface area contributed by atoms with Crippen LogP contribution in [0.5, 0.6) is 11.5 Å². The predicted molar refractivity (Wildman–Crippen MR) is 152 cm³/mol. The van der Waals surface area contributed by atoms with Gasteiger partial charge in [-0.05, 0) is 56.2 Å². The highest BCUT2D eigenvalue weighted by Gasteiger charge is 2.34. The van der Waals surface area contributed by atoms with Crippen molar-refractivity contribution in [2.24, 2.45) is 4.99 Å². The van der Waals surface area contributed by atoms with Crippen molar-refractivity contribution in [2.75, 3.05) is 26.9 Å². The molecular formula is C28H26Cl2N2O7S. The molecule has 4 rings (SSSR count). The molecule has 0 radical (unpaired) electrons. The number of aromatic nitrogens is 1. The number of hydrogen-bond donors (Lipinski definition) is 0. The molecule has 1 aromatic heterocycles. The van der Waals surface area contributed by atoms with Gasteiger partial charge >= 0.3 is 11.9 Å². The number of halogens is 2. The molecule has 12 heteroatoms. The molecule has 0 saturated carbocycles. The number of rotatable bonds is 9. The molecule has 0 aliphatic carbocycles. The van der Waals surface area contributed by atoms with Crippen LogP contribution in [0.15, 0.2) is 57.5 Å². The van der Waals surface area contributed by atoms with Crippen LogP contribution < -0.4 is 24.4 Å². The summed E-state index contributed by atoms with van der Waals surface area (Å²) in [6.45, 7) is 5.33. The van der Waals surface area contributed by atoms with Gasteiger partial charge in [0.15, 0.2) is 22.9 Å². The number of ether oxygens (including phenoxy) is 4. The fourth-order valence-corrected chi connectivity index (χ4v) is 5.56. The molecule has 0 N–H and O–H groups in total. The molecule has 1 atom stereocenters. The molecule has 3 aromatic rings. The number of methoxy groups -OCH3 is 1. The zero-order valence-electron chi connectivity index (χ0n) is 22.2. The van der Waals surface area contributed by atoms with Gasteiger partial charge in [0.25, 0.3) is 5.56 Å². The number of allylic oxidation sites excluding steroid dienone is 1. The molecule has 0 fully saturated rings. The molecule has 0 unspecified atom stereocenters. The van der Waals surface area contributed by atoms with Crippen molar-refractivity contribution in [1.29, 1.82) is 0 Å². The summed E-state index contributed by atoms with van der Waals surface area (Å²) < 4.78 is 23.2. The first kappa shape index (κ1) is 29.4. The molecular weight excluding hydrogens is 579 g/mol. The Hall–Kier alpha value is -3.60. The van der Waals surface area contributed by atoms with Crippen LogP contribution in [0.4, 0.5) is 0 Å². The minimum Gasteiger partial charge on any atom is -0.490 e. The number of fused-ring (bicyclic) bond motifs is 1. The minimum atomic E-state index is -0.874. The Morgan fingerprint density at radius 2 is 1.88 bits per heavy atom. The average molecular weight is 605 g/mol. The predicted octanol–water partition coefficient (Wildman–Crippen LogP) is 4.06. The van der Waals surface area contributed by atoms with Crippen molar-refractivity contribution in [1.82, 2.24) is 4.57 Å². The Balaban J connectivity index is 1.92. The fraction of sp³-hybridized carbons (Fsp3) is 0.286. The van der Waals surface area contributed by atoms with Crippen LogP contribution in [0.25, 0.3) is 6.08 Å². The molecule has 0 saturated heterocycles. The standard InChI is InChI=1S/C28H26Cl2N2O7S/c1-5-37-20-12-17(10-11-19(20)39-14-22(33)36-4)25-23(27(35)38-6-2)15(3)31-28-32(25)26(34)21(40-28)13-16-8-7-9-18(29)24(16)30/h7-13,25H,5-6,14H2,1-4H3/b21-13+/t25-/m0/s1. The van der Waals surface area contributed by atoms with E-state index >= 15 is 0 Å². The van der Waals surface area contributed by atoms with E-state index in [1.165, 1.54) is 11.7 Å². The summed E-state index contributed by atoms with van der Waals surface area (Å²) in [6, 6.07) is 9.26. The van der Waals surface area contributed by atoms with E-state index in [1.807, 2.05) is 0 Å². The Kier molecular flexibility index (Phi) is 9.34. The van der Waals surface area contributed by atoms with Crippen LogP contribution in [-0.4, -0.2) is 43.4 Å². The van der Waals surface area contributed by atoms with Gasteiger partial charge in [0.05, 0.1) is 52.2 Å². The zero-order valence-corrected chi connectivity index (χ0v) is 24.5. The molecule has 0 bridgehead atoms. The van der Waals surface area contributed by atoms with E-state index in [0.717, 1.165) is 11.3 Å². The lowest BCUT2D eigenvalue weighted by atomic mass is 9.95. The van der Waals surface area contributed by atoms with Crippen LogP contribution >= 0.6 is 34.5 Å². The van der Waals surface area contributed by atoms with Gasteiger partial charge in [-0.2, -0.15) is 0 Å². The lowest BCUT2D eigenvalue weighted by Gasteiger charge is -2.25. The maximum absolute atomic E-state index is 13.8. The largest absolute Gasteiger partial charge is 0.490 e. The molecule has 0 spiro atoms. The number of esters is 2. The van der Waals surface area contributed by atoms with E-state index in [2.05, 4.69) is 9.73 Å². The molecule has 1 aliphatic heterocycles. The molecule has 2 heterocycles. The van der Waals surface area contributed by atoms with Crippen molar-refractivity contribution in [3.63, 3.8) is 0 Å². The van der Waals surface area contributed by atoms with E-state index in [4.69, 9.17) is 37.4 Å². The average Bonchev–Trinajstić information content (AvgIpc) is 3.23. The van der Waals surface area contributed by atoms with E-state index in [-0.39, 0.29) is 24.3 Å². The third kappa shape index (κ3) is 5.94. The van der Waals surface area contributed by atoms with Crippen LogP contribution in [0.2, 0.25) is 10.0 Å². The van der Waals surface area contributed by atoms with Crippen LogP contribution in [0, 0.1) is 0 Å². The maximum atomic E-state index is 13.8. The Bertz CT molecular complexity index is 1680. The van der Waals surface area contributed by atoms with E-state index in [1.54, 1.807) is 63.2 Å². The second-order valence-electron chi connectivity index (χ2n) is 8.45. The molecule has 9 nitrogen and oxygen atoms in total. The zero-order chi connectivity index (χ0) is 29.0. The summed E-state index contributed by atoms with van der Waals surface area (Å²) in [5.74, 6) is -0.515. The first-order valence-electron chi connectivity index (χ1n) is 12.3. The van der Waals surface area contributed by atoms with E-state index in [0.29, 0.717) is 54.3 Å². The summed E-state index contributed by atoms with van der Waals surface area (Å²) in [6.07, 6.45) is 1.65. The summed E-state index contributed by atoms with van der Waals surface area (Å²) in [4.78, 5) is 43.6. The van der Waals surface area contributed by atoms with Crippen LogP contribution in [-0.2, 0) is 19.1 Å². The molecule has 210 valence electrons. The van der Waals surface area contributed by atoms with Crippen molar-refractivity contribution in [2.45, 2.75) is 26.8 Å². The van der Waals surface area contributed by atoms with Crippen LogP contribution in [0.1, 0.15) is 37.9 Å². The van der Waals surface area contributed by atoms with Gasteiger partial charge < -0.3 is 18.9 Å². The van der Waals surface area contributed by atoms with Crippen molar-refractivity contribution in [3.8, 4) is 11.5 Å². The molecule has 2 aromatic carbocycles. The topological polar surface area (TPSA) is 105 Å². The summed E-state index contributed by atoms with van der Waals surface area (Å²) >= 11 is 13.7. The second kappa shape index (κ2) is 12.7. The Morgan fingerprint density at radius 1 is 1.10 bits per heavy atom. The summed E-state index contributed by atoms with van der Waals surface area (Å²) in [7, 11) is 1.26. The van der Waals surface area contributed by atoms with E-state index in [9.17, 15) is 14.4 Å². The summed E-state index contributed by atoms with van der Waals surface area (Å²) in [5.41, 5.74) is 1.39. The first-order chi connectivity index (χ1) is 19.2. The lowest BCUT2D eigenvalue weighted by molar-refractivity contribution is -0.143. The normalized spacial score (nSPS) is 14.8. The third-order valence-corrected chi connectivity index (χ3v) is 7.76. The Morgan fingerprint density at radius 3 is 2.58 bits per heavy atom. The number of carbonyl (C=O) groups excluding carboxylic acids is 2. The van der Waals surface area contributed by atoms with Crippen molar-refractivity contribution < 1.29 is 28.5 Å². The van der Waals surface area contributed by atoms with Gasteiger partial charge in [-0.25, -0.2) is 14.6 Å². The Labute approximate surface area is 243 Å². The number of carbonyl (C=O) groups is 2. The second-order valence-corrected chi connectivity index (χ2v) is 10.2. The number of benzene rings is 2. The van der Waals surface area contributed by atoms with Crippen molar-refractivity contribution in [3.05, 3.63) is 88.5 Å². The van der Waals surface area contributed by atoms with Gasteiger partial charge in [-0.1, -0.05) is 52.7 Å². The number of nitrogens with zero attached hydrogens (tertiary/aromatic N) is 2. The van der Waals surface area contributed by atoms with Gasteiger partial charge in [-0.15, -0.1) is 0 Å². The SMILES string of the molecule is CCOC(=O)C1=C(C)N=c2s/c(=C/c3cccc(Cl)c3Cl)c(=O)n2[C@H]1c1ccc(OCC(=O)OC)c(OCC)c1. The van der Waals surface area contributed by atoms with E-state index < -0.39 is 18.0 Å². The van der Waals surface area contributed by atoms with Crippen LogP contribution in [0.3, 0.4) is 0 Å². The highest BCUT2D eigenvalue weighted by atomic mass is 35.5. The van der Waals surface area contributed by atoms with Crippen molar-refractivity contribution >= 4 is 52.6 Å². The lowest BCUT2D eigenvalue weighted by Crippen LogP contribution is -2.40. The highest BCUT2D eigenvalue weighted by molar-refractivity contribution is 7.07. The quantitative estimate of drug-likeness (QED) is 0.339. The monoisotopic (exact) mass is 604 g/mol. The van der Waals surface area contributed by atoms with Gasteiger partial charge in [0.1, 0.15) is 0 Å². The molecule has 0 amide bonds. The van der Waals surface area contributed by atoms with Gasteiger partial charge in [-0.3, -0.25) is 9.36 Å². The first-order valence-corrected chi connectivity index (χ1v) is 13.9. The maximum Gasteiger partial charge on any atom is 0.343 e. The number of hydrogen-bond acceptors (Lipinski definition) is 9. The summed E-state index contributed by atoms with van der Waals surface area (Å²) in [5, 5.41) is 0.679. The number of thiazole rings is 1. The minimum absolute atomic E-state index is 0.143. The van der Waals surface area contributed by atoms with Gasteiger partial charge in [0, 0.05) is 0 Å². The molecule has 1 aliphatic rings. The third-order valence-electron chi connectivity index (χ3n) is 5.94.